The van der Waals surface area contributed by atoms with Gasteiger partial charge in [-0.2, -0.15) is 12.3 Å². The Bertz CT molecular complexity index is 982. The van der Waals surface area contributed by atoms with E-state index in [-0.39, 0.29) is 17.7 Å². The number of anilines is 1. The molecule has 1 amide bonds. The molecule has 0 saturated carbocycles. The summed E-state index contributed by atoms with van der Waals surface area (Å²) in [5.74, 6) is 0.215. The Morgan fingerprint density at radius 3 is 2.42 bits per heavy atom. The van der Waals surface area contributed by atoms with Crippen LogP contribution in [0.2, 0.25) is 0 Å². The third-order valence-corrected chi connectivity index (χ3v) is 5.12. The number of hydrogen-bond donors (Lipinski definition) is 0. The average molecular weight is 540 g/mol. The summed E-state index contributed by atoms with van der Waals surface area (Å²) in [6.45, 7) is 0.801. The van der Waals surface area contributed by atoms with E-state index in [0.717, 1.165) is 47.0 Å². The molecule has 0 spiro atoms. The van der Waals surface area contributed by atoms with Gasteiger partial charge in [0.2, 0.25) is 0 Å². The molecule has 10 heteroatoms. The van der Waals surface area contributed by atoms with Gasteiger partial charge in [0.25, 0.3) is 0 Å². The summed E-state index contributed by atoms with van der Waals surface area (Å²) < 4.78 is 10.2. The third-order valence-electron chi connectivity index (χ3n) is 4.56. The molecule has 1 atom stereocenters. The molecule has 0 N–H and O–H groups in total. The van der Waals surface area contributed by atoms with Crippen LogP contribution in [0.1, 0.15) is 11.6 Å². The number of nitrogens with zero attached hydrogens (tertiary/aromatic N) is 5. The van der Waals surface area contributed by atoms with Crippen molar-refractivity contribution in [2.75, 3.05) is 43.6 Å². The van der Waals surface area contributed by atoms with Gasteiger partial charge in [-0.1, -0.05) is 23.8 Å². The van der Waals surface area contributed by atoms with E-state index in [1.54, 1.807) is 0 Å². The number of pyridine rings is 1. The van der Waals surface area contributed by atoms with Crippen molar-refractivity contribution in [3.8, 4) is 11.3 Å². The second-order valence-corrected chi connectivity index (χ2v) is 7.43. The second-order valence-electron chi connectivity index (χ2n) is 6.80. The molecule has 7 nitrogen and oxygen atoms in total. The Morgan fingerprint density at radius 1 is 1.10 bits per heavy atom. The van der Waals surface area contributed by atoms with Crippen molar-refractivity contribution in [1.82, 2.24) is 9.38 Å². The van der Waals surface area contributed by atoms with Crippen LogP contribution in [-0.2, 0) is 52.4 Å². The molecule has 0 bridgehead atoms. The van der Waals surface area contributed by atoms with E-state index >= 15 is 0 Å². The van der Waals surface area contributed by atoms with Gasteiger partial charge in [-0.05, 0) is 18.2 Å². The normalized spacial score (nSPS) is 11.5. The predicted molar refractivity (Wildman–Crippen MR) is 124 cm³/mol. The van der Waals surface area contributed by atoms with Crippen LogP contribution in [0.5, 0.6) is 0 Å². The molecule has 2 heterocycles. The molecular weight excluding hydrogens is 516 g/mol. The van der Waals surface area contributed by atoms with E-state index in [9.17, 15) is 4.79 Å². The number of carbonyl (C=O) groups excluding carboxylic acids is 1. The summed E-state index contributed by atoms with van der Waals surface area (Å²) in [6, 6.07) is 12.2. The summed E-state index contributed by atoms with van der Waals surface area (Å²) >= 11 is 10.9. The molecular formula is C21H23N5O2S2Tc. The fourth-order valence-electron chi connectivity index (χ4n) is 2.96. The van der Waals surface area contributed by atoms with E-state index in [1.807, 2.05) is 43.0 Å². The van der Waals surface area contributed by atoms with Gasteiger partial charge >= 0.3 is 22.4 Å². The van der Waals surface area contributed by atoms with Crippen molar-refractivity contribution in [3.05, 3.63) is 65.0 Å². The molecule has 1 aromatic carbocycles. The summed E-state index contributed by atoms with van der Waals surface area (Å²) in [6.07, 6.45) is 4.04. The first-order chi connectivity index (χ1) is 15.0. The number of benzene rings is 1. The van der Waals surface area contributed by atoms with Gasteiger partial charge in [0, 0.05) is 43.6 Å². The molecule has 0 radical (unpaired) electrons. The number of imidazole rings is 1. The Kier molecular flexibility index (Phi) is 10.7. The average Bonchev–Trinajstić information content (AvgIpc) is 3.23. The van der Waals surface area contributed by atoms with Crippen molar-refractivity contribution in [3.63, 3.8) is 0 Å². The Labute approximate surface area is 204 Å². The summed E-state index contributed by atoms with van der Waals surface area (Å²) in [7, 11) is 4.04. The number of hydrogen-bond acceptors (Lipinski definition) is 6. The van der Waals surface area contributed by atoms with Crippen molar-refractivity contribution in [1.29, 1.82) is 0 Å². The quantitative estimate of drug-likeness (QED) is 0.307. The molecule has 3 aromatic rings. The molecule has 31 heavy (non-hydrogen) atoms. The minimum atomic E-state index is -0.267. The van der Waals surface area contributed by atoms with E-state index in [1.165, 1.54) is 0 Å². The maximum absolute atomic E-state index is 11.2. The molecule has 2 aromatic heterocycles. The van der Waals surface area contributed by atoms with Crippen LogP contribution >= 0.6 is 0 Å². The van der Waals surface area contributed by atoms with Crippen LogP contribution in [0, 0.1) is 0 Å². The zero-order valence-corrected chi connectivity index (χ0v) is 20.8. The van der Waals surface area contributed by atoms with Gasteiger partial charge in [-0.3, -0.25) is 0 Å². The molecule has 3 rings (SSSR count). The van der Waals surface area contributed by atoms with Gasteiger partial charge < -0.3 is 50.0 Å². The van der Waals surface area contributed by atoms with Crippen LogP contribution < -0.4 is 4.90 Å². The minimum absolute atomic E-state index is 0.0158. The Morgan fingerprint density at radius 2 is 1.81 bits per heavy atom. The SMILES string of the molecule is CN(C)c1ccc(-c2cn3cc(C(C[S-])[N-]CC[N-]C(=O)C[S-])ccc3n2)cc1.[O]=[Tc+4]. The molecule has 0 fully saturated rings. The number of amides is 1. The topological polar surface area (TPSA) is 82.9 Å². The third kappa shape index (κ3) is 7.15. The monoisotopic (exact) mass is 538 g/mol. The molecule has 0 aliphatic heterocycles. The Balaban J connectivity index is 0.00000166. The summed E-state index contributed by atoms with van der Waals surface area (Å²) in [4.78, 5) is 18.0. The number of aromatic nitrogens is 2. The summed E-state index contributed by atoms with van der Waals surface area (Å²) in [5.41, 5.74) is 5.03. The standard InChI is InChI=1S/C21H26N5OS2.O.Tc/c1-25(2)17-6-3-15(4-7-17)18-12-26-11-16(5-8-20(26)24-18)19(13-28)22-9-10-23-21(27)14-29;;/h3-8,11-12,19H,9-10,13-14H2,1-2H3,(H3,23,27,28,29);;/q-1;;+4/p-3. The molecule has 0 aliphatic carbocycles. The molecule has 0 saturated heterocycles. The van der Waals surface area contributed by atoms with E-state index in [2.05, 4.69) is 52.4 Å². The van der Waals surface area contributed by atoms with Gasteiger partial charge in [-0.15, -0.1) is 18.3 Å². The predicted octanol–water partition coefficient (Wildman–Crippen LogP) is 3.35. The zero-order valence-electron chi connectivity index (χ0n) is 17.3. The number of fused-ring (bicyclic) bond motifs is 1. The van der Waals surface area contributed by atoms with E-state index in [0.29, 0.717) is 18.8 Å². The van der Waals surface area contributed by atoms with Crippen LogP contribution in [0.3, 0.4) is 0 Å². The van der Waals surface area contributed by atoms with Gasteiger partial charge in [0.1, 0.15) is 5.65 Å². The first-order valence-corrected chi connectivity index (χ1v) is 11.4. The fourth-order valence-corrected chi connectivity index (χ4v) is 3.35. The van der Waals surface area contributed by atoms with Crippen LogP contribution in [0.15, 0.2) is 48.8 Å². The molecule has 1 unspecified atom stereocenters. The number of rotatable bonds is 9. The Hall–Kier alpha value is -1.71. The first-order valence-electron chi connectivity index (χ1n) is 9.47. The second kappa shape index (κ2) is 13.0. The fraction of sp³-hybridized carbons (Fsp3) is 0.333. The zero-order chi connectivity index (χ0) is 22.8. The van der Waals surface area contributed by atoms with Gasteiger partial charge in [0.15, 0.2) is 0 Å². The van der Waals surface area contributed by atoms with E-state index < -0.39 is 0 Å². The maximum atomic E-state index is 11.2. The van der Waals surface area contributed by atoms with Crippen LogP contribution in [0.4, 0.5) is 5.69 Å². The van der Waals surface area contributed by atoms with Crippen molar-refractivity contribution >= 4 is 42.5 Å². The summed E-state index contributed by atoms with van der Waals surface area (Å²) in [5, 5.41) is 8.45. The van der Waals surface area contributed by atoms with Gasteiger partial charge in [0.05, 0.1) is 5.69 Å². The molecule has 0 aliphatic rings. The first kappa shape index (κ1) is 25.5. The number of carbonyl (C=O) groups is 1. The van der Waals surface area contributed by atoms with Crippen molar-refractivity contribution < 1.29 is 27.2 Å². The van der Waals surface area contributed by atoms with E-state index in [4.69, 9.17) is 21.1 Å². The van der Waals surface area contributed by atoms with Crippen LogP contribution in [-0.4, -0.2) is 54.0 Å². The molecule has 163 valence electrons. The van der Waals surface area contributed by atoms with Gasteiger partial charge in [-0.25, -0.2) is 4.98 Å². The van der Waals surface area contributed by atoms with Crippen molar-refractivity contribution in [2.24, 2.45) is 0 Å². The van der Waals surface area contributed by atoms with Crippen LogP contribution in [0.25, 0.3) is 27.5 Å². The van der Waals surface area contributed by atoms with Crippen molar-refractivity contribution in [2.45, 2.75) is 6.04 Å².